The van der Waals surface area contributed by atoms with Gasteiger partial charge in [-0.15, -0.1) is 11.3 Å². The average molecular weight is 475 g/mol. The minimum absolute atomic E-state index is 0.0682. The Bertz CT molecular complexity index is 1460. The van der Waals surface area contributed by atoms with Crippen molar-refractivity contribution >= 4 is 55.6 Å². The summed E-state index contributed by atoms with van der Waals surface area (Å²) in [7, 11) is -4.02. The first-order chi connectivity index (χ1) is 14.7. The number of aryl methyl sites for hydroxylation is 1. The summed E-state index contributed by atoms with van der Waals surface area (Å²) in [6.45, 7) is 1.93. The lowest BCUT2D eigenvalue weighted by molar-refractivity contribution is 0.256. The van der Waals surface area contributed by atoms with Gasteiger partial charge in [0.2, 0.25) is 0 Å². The van der Waals surface area contributed by atoms with Gasteiger partial charge in [-0.2, -0.15) is 0 Å². The predicted molar refractivity (Wildman–Crippen MR) is 121 cm³/mol. The summed E-state index contributed by atoms with van der Waals surface area (Å²) >= 11 is 6.59. The predicted octanol–water partition coefficient (Wildman–Crippen LogP) is 3.92. The maximum atomic E-state index is 12.8. The lowest BCUT2D eigenvalue weighted by Gasteiger charge is -2.10. The van der Waals surface area contributed by atoms with Crippen molar-refractivity contribution in [1.82, 2.24) is 14.3 Å². The maximum Gasteiger partial charge on any atom is 0.333 e. The number of amides is 2. The summed E-state index contributed by atoms with van der Waals surface area (Å²) in [5.74, 6) is 0. The van der Waals surface area contributed by atoms with Crippen LogP contribution in [0.5, 0.6) is 0 Å². The molecule has 2 aromatic heterocycles. The standard InChI is InChI=1S/C20H15ClN4O4S2/c1-12-2-7-15-16(10-12)22-11-25(19(15)26)14-5-3-13(4-6-14)23-20(27)24-31(28,29)18-9-8-17(21)30-18/h2-11H,1H3,(H2,23,24,27). The molecule has 2 heterocycles. The van der Waals surface area contributed by atoms with E-state index in [1.807, 2.05) is 23.8 Å². The Morgan fingerprint density at radius 1 is 1.10 bits per heavy atom. The first kappa shape index (κ1) is 21.0. The highest BCUT2D eigenvalue weighted by molar-refractivity contribution is 7.92. The molecule has 0 spiro atoms. The minimum Gasteiger partial charge on any atom is -0.307 e. The van der Waals surface area contributed by atoms with Crippen molar-refractivity contribution < 1.29 is 13.2 Å². The molecule has 8 nitrogen and oxygen atoms in total. The minimum atomic E-state index is -4.02. The number of aromatic nitrogens is 2. The second-order valence-electron chi connectivity index (χ2n) is 6.61. The second kappa shape index (κ2) is 8.14. The van der Waals surface area contributed by atoms with Crippen LogP contribution in [0.1, 0.15) is 5.56 Å². The third-order valence-corrected chi connectivity index (χ3v) is 7.41. The number of carbonyl (C=O) groups excluding carboxylic acids is 1. The Kier molecular flexibility index (Phi) is 5.52. The average Bonchev–Trinajstić information content (AvgIpc) is 3.16. The SMILES string of the molecule is Cc1ccc2c(=O)n(-c3ccc(NC(=O)NS(=O)(=O)c4ccc(Cl)s4)cc3)cnc2c1. The van der Waals surface area contributed by atoms with Crippen LogP contribution in [-0.2, 0) is 10.0 Å². The van der Waals surface area contributed by atoms with Gasteiger partial charge in [0.15, 0.2) is 0 Å². The number of urea groups is 1. The van der Waals surface area contributed by atoms with E-state index in [-0.39, 0.29) is 9.77 Å². The van der Waals surface area contributed by atoms with Gasteiger partial charge in [-0.1, -0.05) is 17.7 Å². The number of rotatable bonds is 4. The number of nitrogens with zero attached hydrogens (tertiary/aromatic N) is 2. The molecule has 0 radical (unpaired) electrons. The van der Waals surface area contributed by atoms with Gasteiger partial charge >= 0.3 is 6.03 Å². The Balaban J connectivity index is 1.52. The number of nitrogens with one attached hydrogen (secondary N) is 2. The molecule has 158 valence electrons. The fraction of sp³-hybridized carbons (Fsp3) is 0.0500. The van der Waals surface area contributed by atoms with Crippen LogP contribution in [-0.4, -0.2) is 24.0 Å². The molecule has 2 aromatic carbocycles. The van der Waals surface area contributed by atoms with Crippen LogP contribution in [0.4, 0.5) is 10.5 Å². The lowest BCUT2D eigenvalue weighted by atomic mass is 10.2. The molecule has 31 heavy (non-hydrogen) atoms. The highest BCUT2D eigenvalue weighted by Crippen LogP contribution is 2.25. The molecule has 2 amide bonds. The van der Waals surface area contributed by atoms with Gasteiger partial charge < -0.3 is 5.32 Å². The van der Waals surface area contributed by atoms with Crippen molar-refractivity contribution in [2.75, 3.05) is 5.32 Å². The molecular formula is C20H15ClN4O4S2. The molecular weight excluding hydrogens is 460 g/mol. The van der Waals surface area contributed by atoms with E-state index in [1.54, 1.807) is 30.3 Å². The molecule has 0 unspecified atom stereocenters. The van der Waals surface area contributed by atoms with Gasteiger partial charge in [-0.05, 0) is 61.0 Å². The smallest absolute Gasteiger partial charge is 0.307 e. The van der Waals surface area contributed by atoms with Gasteiger partial charge in [-0.3, -0.25) is 9.36 Å². The van der Waals surface area contributed by atoms with Gasteiger partial charge in [-0.25, -0.2) is 22.9 Å². The van der Waals surface area contributed by atoms with E-state index in [0.717, 1.165) is 16.9 Å². The van der Waals surface area contributed by atoms with E-state index in [9.17, 15) is 18.0 Å². The zero-order valence-corrected chi connectivity index (χ0v) is 18.4. The van der Waals surface area contributed by atoms with Gasteiger partial charge in [0.25, 0.3) is 15.6 Å². The Morgan fingerprint density at radius 3 is 2.52 bits per heavy atom. The fourth-order valence-electron chi connectivity index (χ4n) is 2.89. The fourth-order valence-corrected chi connectivity index (χ4v) is 5.28. The van der Waals surface area contributed by atoms with Crippen molar-refractivity contribution in [2.24, 2.45) is 0 Å². The quantitative estimate of drug-likeness (QED) is 0.465. The highest BCUT2D eigenvalue weighted by atomic mass is 35.5. The molecule has 0 aliphatic rings. The molecule has 0 aliphatic heterocycles. The molecule has 2 N–H and O–H groups in total. The highest BCUT2D eigenvalue weighted by Gasteiger charge is 2.19. The van der Waals surface area contributed by atoms with Crippen LogP contribution in [0, 0.1) is 6.92 Å². The third-order valence-electron chi connectivity index (χ3n) is 4.36. The zero-order chi connectivity index (χ0) is 22.2. The zero-order valence-electron chi connectivity index (χ0n) is 16.0. The van der Waals surface area contributed by atoms with E-state index in [0.29, 0.717) is 26.6 Å². The van der Waals surface area contributed by atoms with Crippen molar-refractivity contribution in [2.45, 2.75) is 11.1 Å². The van der Waals surface area contributed by atoms with E-state index < -0.39 is 16.1 Å². The summed E-state index contributed by atoms with van der Waals surface area (Å²) in [6.07, 6.45) is 1.44. The Hall–Kier alpha value is -3.21. The van der Waals surface area contributed by atoms with Crippen LogP contribution >= 0.6 is 22.9 Å². The van der Waals surface area contributed by atoms with Gasteiger partial charge in [0.1, 0.15) is 10.5 Å². The van der Waals surface area contributed by atoms with E-state index >= 15 is 0 Å². The molecule has 0 atom stereocenters. The Morgan fingerprint density at radius 2 is 1.84 bits per heavy atom. The van der Waals surface area contributed by atoms with Crippen molar-refractivity contribution in [3.63, 3.8) is 0 Å². The molecule has 4 aromatic rings. The normalized spacial score (nSPS) is 11.4. The summed E-state index contributed by atoms with van der Waals surface area (Å²) in [5.41, 5.74) is 2.30. The maximum absolute atomic E-state index is 12.8. The first-order valence-electron chi connectivity index (χ1n) is 8.90. The van der Waals surface area contributed by atoms with Crippen molar-refractivity contribution in [3.8, 4) is 5.69 Å². The Labute approximate surface area is 186 Å². The summed E-state index contributed by atoms with van der Waals surface area (Å²) in [5, 5.41) is 2.94. The molecule has 0 bridgehead atoms. The number of carbonyl (C=O) groups is 1. The molecule has 4 rings (SSSR count). The van der Waals surface area contributed by atoms with Crippen LogP contribution in [0.25, 0.3) is 16.6 Å². The lowest BCUT2D eigenvalue weighted by Crippen LogP contribution is -2.33. The van der Waals surface area contributed by atoms with E-state index in [4.69, 9.17) is 11.6 Å². The number of hydrogen-bond donors (Lipinski definition) is 2. The number of fused-ring (bicyclic) bond motifs is 1. The number of thiophene rings is 1. The number of sulfonamides is 1. The van der Waals surface area contributed by atoms with Gasteiger partial charge in [0, 0.05) is 5.69 Å². The molecule has 0 saturated heterocycles. The number of benzene rings is 2. The van der Waals surface area contributed by atoms with Gasteiger partial charge in [0.05, 0.1) is 20.9 Å². The second-order valence-corrected chi connectivity index (χ2v) is 10.2. The van der Waals surface area contributed by atoms with E-state index in [1.165, 1.54) is 23.0 Å². The van der Waals surface area contributed by atoms with E-state index in [2.05, 4.69) is 10.3 Å². The summed E-state index contributed by atoms with van der Waals surface area (Å²) in [4.78, 5) is 29.2. The summed E-state index contributed by atoms with van der Waals surface area (Å²) in [6, 6.07) is 13.6. The number of anilines is 1. The molecule has 0 saturated carbocycles. The topological polar surface area (TPSA) is 110 Å². The summed E-state index contributed by atoms with van der Waals surface area (Å²) < 4.78 is 27.9. The molecule has 0 fully saturated rings. The van der Waals surface area contributed by atoms with Crippen molar-refractivity contribution in [3.05, 3.63) is 81.2 Å². The number of halogens is 1. The first-order valence-corrected chi connectivity index (χ1v) is 11.6. The largest absolute Gasteiger partial charge is 0.333 e. The molecule has 0 aliphatic carbocycles. The monoisotopic (exact) mass is 474 g/mol. The van der Waals surface area contributed by atoms with Crippen LogP contribution in [0.3, 0.4) is 0 Å². The van der Waals surface area contributed by atoms with Crippen LogP contribution in [0.15, 0.2) is 69.9 Å². The molecule has 11 heteroatoms. The van der Waals surface area contributed by atoms with Crippen LogP contribution in [0.2, 0.25) is 4.34 Å². The van der Waals surface area contributed by atoms with Crippen molar-refractivity contribution in [1.29, 1.82) is 0 Å². The number of hydrogen-bond acceptors (Lipinski definition) is 6. The van der Waals surface area contributed by atoms with Crippen LogP contribution < -0.4 is 15.6 Å². The third kappa shape index (κ3) is 4.46.